The Bertz CT molecular complexity index is 2020. The van der Waals surface area contributed by atoms with Gasteiger partial charge in [0.2, 0.25) is 5.91 Å². The molecule has 1 heterocycles. The molecule has 8 heteroatoms. The fourth-order valence-corrected chi connectivity index (χ4v) is 6.68. The maximum Gasteiger partial charge on any atom is 0.264 e. The molecule has 0 bridgehead atoms. The average molecular weight is 590 g/mol. The highest BCUT2D eigenvalue weighted by molar-refractivity contribution is 7.92. The summed E-state index contributed by atoms with van der Waals surface area (Å²) in [5.74, 6) is 0.753. The Morgan fingerprint density at radius 2 is 1.42 bits per heavy atom. The summed E-state index contributed by atoms with van der Waals surface area (Å²) in [5.41, 5.74) is 4.07. The second-order valence-electron chi connectivity index (χ2n) is 10.3. The average Bonchev–Trinajstić information content (AvgIpc) is 3.34. The smallest absolute Gasteiger partial charge is 0.264 e. The van der Waals surface area contributed by atoms with Crippen molar-refractivity contribution in [1.29, 1.82) is 0 Å². The van der Waals surface area contributed by atoms with E-state index in [-0.39, 0.29) is 4.90 Å². The number of nitrogens with one attached hydrogen (secondary N) is 1. The van der Waals surface area contributed by atoms with Gasteiger partial charge in [-0.1, -0.05) is 54.1 Å². The number of carbonyl (C=O) groups excluding carboxylic acids is 1. The number of aryl methyl sites for hydroxylation is 2. The van der Waals surface area contributed by atoms with Crippen molar-refractivity contribution in [3.05, 3.63) is 127 Å². The van der Waals surface area contributed by atoms with Gasteiger partial charge in [0.15, 0.2) is 0 Å². The fraction of sp³-hybridized carbons (Fsp3) is 0.114. The zero-order chi connectivity index (χ0) is 30.0. The van der Waals surface area contributed by atoms with E-state index in [1.54, 1.807) is 48.5 Å². The quantitative estimate of drug-likeness (QED) is 0.187. The number of sulfonamides is 1. The number of carbonyl (C=O) groups is 1. The van der Waals surface area contributed by atoms with Gasteiger partial charge in [-0.2, -0.15) is 0 Å². The number of aromatic nitrogens is 1. The number of benzene rings is 5. The third kappa shape index (κ3) is 5.69. The first-order chi connectivity index (χ1) is 20.8. The SMILES string of the molecule is CCn1c2ccccc2c2cc(NC(=O)CN(c3ccc(Oc4ccccc4)cc3)S(=O)(=O)c3ccc(C)cc3)ccc21. The molecule has 0 unspecified atom stereocenters. The maximum absolute atomic E-state index is 13.9. The monoisotopic (exact) mass is 589 g/mol. The zero-order valence-electron chi connectivity index (χ0n) is 23.9. The van der Waals surface area contributed by atoms with Crippen LogP contribution in [0.2, 0.25) is 0 Å². The lowest BCUT2D eigenvalue weighted by atomic mass is 10.1. The van der Waals surface area contributed by atoms with Crippen LogP contribution >= 0.6 is 0 Å². The second kappa shape index (κ2) is 11.7. The zero-order valence-corrected chi connectivity index (χ0v) is 24.7. The van der Waals surface area contributed by atoms with Crippen molar-refractivity contribution >= 4 is 49.1 Å². The molecule has 5 aromatic carbocycles. The summed E-state index contributed by atoms with van der Waals surface area (Å²) in [7, 11) is -4.07. The largest absolute Gasteiger partial charge is 0.457 e. The molecule has 0 aliphatic heterocycles. The molecule has 0 fully saturated rings. The minimum atomic E-state index is -4.07. The van der Waals surface area contributed by atoms with Gasteiger partial charge in [-0.3, -0.25) is 9.10 Å². The van der Waals surface area contributed by atoms with Crippen molar-refractivity contribution in [2.45, 2.75) is 25.3 Å². The summed E-state index contributed by atoms with van der Waals surface area (Å²) in [5, 5.41) is 5.04. The minimum Gasteiger partial charge on any atom is -0.457 e. The lowest BCUT2D eigenvalue weighted by Crippen LogP contribution is -2.38. The highest BCUT2D eigenvalue weighted by Crippen LogP contribution is 2.32. The van der Waals surface area contributed by atoms with E-state index in [0.29, 0.717) is 22.9 Å². The Balaban J connectivity index is 1.30. The van der Waals surface area contributed by atoms with E-state index in [9.17, 15) is 13.2 Å². The predicted molar refractivity (Wildman–Crippen MR) is 172 cm³/mol. The first kappa shape index (κ1) is 28.1. The Morgan fingerprint density at radius 1 is 0.767 bits per heavy atom. The number of anilines is 2. The molecule has 6 rings (SSSR count). The molecule has 0 atom stereocenters. The van der Waals surface area contributed by atoms with Crippen LogP contribution in [0, 0.1) is 6.92 Å². The maximum atomic E-state index is 13.9. The van der Waals surface area contributed by atoms with Gasteiger partial charge in [0.05, 0.1) is 10.6 Å². The fourth-order valence-electron chi connectivity index (χ4n) is 5.26. The van der Waals surface area contributed by atoms with Gasteiger partial charge in [-0.25, -0.2) is 8.42 Å². The molecule has 6 aromatic rings. The first-order valence-corrected chi connectivity index (χ1v) is 15.5. The number of fused-ring (bicyclic) bond motifs is 3. The van der Waals surface area contributed by atoms with Gasteiger partial charge in [-0.15, -0.1) is 0 Å². The van der Waals surface area contributed by atoms with Gasteiger partial charge in [0.25, 0.3) is 10.0 Å². The van der Waals surface area contributed by atoms with Gasteiger partial charge >= 0.3 is 0 Å². The molecule has 43 heavy (non-hydrogen) atoms. The number of ether oxygens (including phenoxy) is 1. The van der Waals surface area contributed by atoms with Crippen LogP contribution in [0.5, 0.6) is 11.5 Å². The Labute approximate surface area is 251 Å². The molecule has 0 saturated carbocycles. The third-order valence-corrected chi connectivity index (χ3v) is 9.16. The van der Waals surface area contributed by atoms with E-state index in [4.69, 9.17) is 4.74 Å². The number of rotatable bonds is 9. The molecular weight excluding hydrogens is 558 g/mol. The van der Waals surface area contributed by atoms with E-state index in [1.807, 2.05) is 67.6 Å². The van der Waals surface area contributed by atoms with Crippen molar-refractivity contribution in [3.63, 3.8) is 0 Å². The van der Waals surface area contributed by atoms with Crippen LogP contribution in [0.1, 0.15) is 12.5 Å². The summed E-state index contributed by atoms with van der Waals surface area (Å²) in [4.78, 5) is 13.6. The number of hydrogen-bond donors (Lipinski definition) is 1. The van der Waals surface area contributed by atoms with E-state index in [1.165, 1.54) is 0 Å². The number of amides is 1. The van der Waals surface area contributed by atoms with Gasteiger partial charge in [0.1, 0.15) is 18.0 Å². The third-order valence-electron chi connectivity index (χ3n) is 7.37. The molecule has 0 saturated heterocycles. The van der Waals surface area contributed by atoms with Crippen molar-refractivity contribution in [2.24, 2.45) is 0 Å². The van der Waals surface area contributed by atoms with Gasteiger partial charge < -0.3 is 14.6 Å². The highest BCUT2D eigenvalue weighted by atomic mass is 32.2. The van der Waals surface area contributed by atoms with Crippen LogP contribution in [0.3, 0.4) is 0 Å². The number of hydrogen-bond acceptors (Lipinski definition) is 4. The summed E-state index contributed by atoms with van der Waals surface area (Å²) in [6, 6.07) is 36.5. The van der Waals surface area contributed by atoms with Gasteiger partial charge in [0, 0.05) is 34.0 Å². The van der Waals surface area contributed by atoms with Crippen molar-refractivity contribution in [1.82, 2.24) is 4.57 Å². The van der Waals surface area contributed by atoms with E-state index >= 15 is 0 Å². The van der Waals surface area contributed by atoms with Crippen LogP contribution < -0.4 is 14.4 Å². The van der Waals surface area contributed by atoms with Crippen molar-refractivity contribution in [2.75, 3.05) is 16.2 Å². The van der Waals surface area contributed by atoms with Crippen molar-refractivity contribution in [3.8, 4) is 11.5 Å². The molecular formula is C35H31N3O4S. The molecule has 0 spiro atoms. The van der Waals surface area contributed by atoms with Crippen molar-refractivity contribution < 1.29 is 17.9 Å². The Morgan fingerprint density at radius 3 is 2.14 bits per heavy atom. The molecule has 1 N–H and O–H groups in total. The lowest BCUT2D eigenvalue weighted by molar-refractivity contribution is -0.114. The summed E-state index contributed by atoms with van der Waals surface area (Å²) < 4.78 is 37.0. The molecule has 0 radical (unpaired) electrons. The van der Waals surface area contributed by atoms with Crippen LogP contribution in [0.15, 0.2) is 126 Å². The highest BCUT2D eigenvalue weighted by Gasteiger charge is 2.27. The van der Waals surface area contributed by atoms with Gasteiger partial charge in [-0.05, 0) is 86.6 Å². The molecule has 216 valence electrons. The first-order valence-electron chi connectivity index (χ1n) is 14.1. The molecule has 0 aliphatic rings. The second-order valence-corrected chi connectivity index (χ2v) is 12.1. The van der Waals surface area contributed by atoms with E-state index in [0.717, 1.165) is 38.2 Å². The Kier molecular flexibility index (Phi) is 7.61. The standard InChI is InChI=1S/C35H31N3O4S/c1-3-37-33-12-8-7-11-31(33)32-23-26(15-22-34(32)37)36-35(39)24-38(43(40,41)30-20-13-25(2)14-21-30)27-16-18-29(19-17-27)42-28-9-5-4-6-10-28/h4-23H,3,24H2,1-2H3,(H,36,39). The molecule has 0 aliphatic carbocycles. The summed E-state index contributed by atoms with van der Waals surface area (Å²) in [6.07, 6.45) is 0. The Hall–Kier alpha value is -5.08. The molecule has 7 nitrogen and oxygen atoms in total. The van der Waals surface area contributed by atoms with E-state index in [2.05, 4.69) is 28.9 Å². The van der Waals surface area contributed by atoms with Crippen LogP contribution in [-0.4, -0.2) is 25.4 Å². The normalized spacial score (nSPS) is 11.5. The lowest BCUT2D eigenvalue weighted by Gasteiger charge is -2.24. The summed E-state index contributed by atoms with van der Waals surface area (Å²) in [6.45, 7) is 4.40. The number of nitrogens with zero attached hydrogens (tertiary/aromatic N) is 2. The van der Waals surface area contributed by atoms with E-state index < -0.39 is 22.5 Å². The molecule has 1 amide bonds. The predicted octanol–water partition coefficient (Wildman–Crippen LogP) is 7.75. The van der Waals surface area contributed by atoms with Crippen LogP contribution in [-0.2, 0) is 21.4 Å². The summed E-state index contributed by atoms with van der Waals surface area (Å²) >= 11 is 0. The minimum absolute atomic E-state index is 0.101. The molecule has 1 aromatic heterocycles. The van der Waals surface area contributed by atoms with Crippen LogP contribution in [0.25, 0.3) is 21.8 Å². The topological polar surface area (TPSA) is 80.6 Å². The number of para-hydroxylation sites is 2. The van der Waals surface area contributed by atoms with Crippen LogP contribution in [0.4, 0.5) is 11.4 Å².